The molecule has 2 aromatic rings. The highest BCUT2D eigenvalue weighted by atomic mass is 16.5. The van der Waals surface area contributed by atoms with Crippen molar-refractivity contribution in [3.05, 3.63) is 24.3 Å². The topological polar surface area (TPSA) is 64.9 Å². The lowest BCUT2D eigenvalue weighted by molar-refractivity contribution is 0.128. The Balaban J connectivity index is 2.28. The second kappa shape index (κ2) is 7.00. The molecule has 0 atom stereocenters. The third-order valence-corrected chi connectivity index (χ3v) is 2.85. The van der Waals surface area contributed by atoms with Gasteiger partial charge in [0.2, 0.25) is 0 Å². The summed E-state index contributed by atoms with van der Waals surface area (Å²) in [7, 11) is 1.84. The number of rotatable bonds is 7. The number of nitrogens with one attached hydrogen (secondary N) is 1. The van der Waals surface area contributed by atoms with E-state index in [1.165, 1.54) is 0 Å². The molecule has 0 aliphatic heterocycles. The number of ether oxygens (including phenoxy) is 1. The molecule has 0 amide bonds. The van der Waals surface area contributed by atoms with Gasteiger partial charge >= 0.3 is 0 Å². The van der Waals surface area contributed by atoms with Gasteiger partial charge in [0.05, 0.1) is 11.9 Å². The Bertz CT molecular complexity index is 552. The normalized spacial score (nSPS) is 10.8. The zero-order valence-electron chi connectivity index (χ0n) is 12.3. The summed E-state index contributed by atoms with van der Waals surface area (Å²) in [5.74, 6) is 1.46. The first-order valence-corrected chi connectivity index (χ1v) is 6.93. The maximum absolute atomic E-state index is 5.38. The highest BCUT2D eigenvalue weighted by Gasteiger charge is 2.08. The van der Waals surface area contributed by atoms with Gasteiger partial charge in [-0.15, -0.1) is 0 Å². The van der Waals surface area contributed by atoms with Crippen LogP contribution in [0, 0.1) is 0 Å². The molecular weight excluding hydrogens is 254 g/mol. The van der Waals surface area contributed by atoms with Crippen molar-refractivity contribution in [2.45, 2.75) is 33.4 Å². The van der Waals surface area contributed by atoms with Gasteiger partial charge in [-0.3, -0.25) is 4.68 Å². The van der Waals surface area contributed by atoms with Crippen LogP contribution in [0.2, 0.25) is 0 Å². The third-order valence-electron chi connectivity index (χ3n) is 2.85. The summed E-state index contributed by atoms with van der Waals surface area (Å²) in [5, 5.41) is 7.39. The van der Waals surface area contributed by atoms with E-state index in [0.29, 0.717) is 19.0 Å². The SMILES string of the molecule is CCCn1cc(-c2cc(NC)nc(COCC)n2)cn1. The van der Waals surface area contributed by atoms with Gasteiger partial charge in [0.1, 0.15) is 12.4 Å². The molecule has 1 N–H and O–H groups in total. The lowest BCUT2D eigenvalue weighted by Gasteiger charge is -2.06. The van der Waals surface area contributed by atoms with Crippen molar-refractivity contribution in [2.75, 3.05) is 19.0 Å². The van der Waals surface area contributed by atoms with Crippen molar-refractivity contribution in [1.29, 1.82) is 0 Å². The predicted octanol–water partition coefficient (Wildman–Crippen LogP) is 2.33. The van der Waals surface area contributed by atoms with Crippen LogP contribution in [0.1, 0.15) is 26.1 Å². The fourth-order valence-corrected chi connectivity index (χ4v) is 1.88. The van der Waals surface area contributed by atoms with Gasteiger partial charge in [0.15, 0.2) is 5.82 Å². The number of aryl methyl sites for hydroxylation is 1. The Morgan fingerprint density at radius 1 is 1.30 bits per heavy atom. The Hall–Kier alpha value is -1.95. The Labute approximate surface area is 119 Å². The molecule has 0 fully saturated rings. The minimum Gasteiger partial charge on any atom is -0.374 e. The minimum atomic E-state index is 0.419. The standard InChI is InChI=1S/C14H21N5O/c1-4-6-19-9-11(8-16-19)12-7-13(15-3)18-14(17-12)10-20-5-2/h7-9H,4-6,10H2,1-3H3,(H,15,17,18). The van der Waals surface area contributed by atoms with Gasteiger partial charge in [0, 0.05) is 38.0 Å². The van der Waals surface area contributed by atoms with Crippen LogP contribution in [-0.2, 0) is 17.9 Å². The molecule has 0 unspecified atom stereocenters. The van der Waals surface area contributed by atoms with Gasteiger partial charge in [-0.1, -0.05) is 6.92 Å². The molecule has 2 rings (SSSR count). The average molecular weight is 275 g/mol. The van der Waals surface area contributed by atoms with E-state index in [-0.39, 0.29) is 0 Å². The van der Waals surface area contributed by atoms with Crippen LogP contribution in [-0.4, -0.2) is 33.4 Å². The Morgan fingerprint density at radius 3 is 2.85 bits per heavy atom. The molecule has 0 bridgehead atoms. The second-order valence-corrected chi connectivity index (χ2v) is 4.43. The van der Waals surface area contributed by atoms with Crippen molar-refractivity contribution in [1.82, 2.24) is 19.7 Å². The number of hydrogen-bond acceptors (Lipinski definition) is 5. The van der Waals surface area contributed by atoms with Gasteiger partial charge in [-0.2, -0.15) is 5.10 Å². The van der Waals surface area contributed by atoms with Crippen molar-refractivity contribution >= 4 is 5.82 Å². The molecule has 0 aliphatic carbocycles. The zero-order chi connectivity index (χ0) is 14.4. The summed E-state index contributed by atoms with van der Waals surface area (Å²) < 4.78 is 7.31. The fraction of sp³-hybridized carbons (Fsp3) is 0.500. The molecule has 0 saturated heterocycles. The number of anilines is 1. The molecule has 20 heavy (non-hydrogen) atoms. The predicted molar refractivity (Wildman–Crippen MR) is 78.4 cm³/mol. The first-order chi connectivity index (χ1) is 9.76. The van der Waals surface area contributed by atoms with Crippen molar-refractivity contribution in [3.8, 4) is 11.3 Å². The number of aromatic nitrogens is 4. The van der Waals surface area contributed by atoms with E-state index in [4.69, 9.17) is 4.74 Å². The van der Waals surface area contributed by atoms with Crippen LogP contribution >= 0.6 is 0 Å². The maximum atomic E-state index is 5.38. The molecule has 108 valence electrons. The van der Waals surface area contributed by atoms with E-state index in [2.05, 4.69) is 27.3 Å². The molecular formula is C14H21N5O. The van der Waals surface area contributed by atoms with E-state index in [1.807, 2.05) is 37.1 Å². The van der Waals surface area contributed by atoms with Crippen LogP contribution in [0.25, 0.3) is 11.3 Å². The first kappa shape index (κ1) is 14.5. The molecule has 6 heteroatoms. The van der Waals surface area contributed by atoms with E-state index >= 15 is 0 Å². The molecule has 2 aromatic heterocycles. The van der Waals surface area contributed by atoms with Crippen LogP contribution in [0.3, 0.4) is 0 Å². The lowest BCUT2D eigenvalue weighted by atomic mass is 10.2. The Kier molecular flexibility index (Phi) is 5.06. The summed E-state index contributed by atoms with van der Waals surface area (Å²) in [6.07, 6.45) is 4.90. The van der Waals surface area contributed by atoms with E-state index in [9.17, 15) is 0 Å². The monoisotopic (exact) mass is 275 g/mol. The zero-order valence-corrected chi connectivity index (χ0v) is 12.3. The average Bonchev–Trinajstić information content (AvgIpc) is 2.94. The molecule has 0 spiro atoms. The maximum Gasteiger partial charge on any atom is 0.157 e. The van der Waals surface area contributed by atoms with Gasteiger partial charge < -0.3 is 10.1 Å². The van der Waals surface area contributed by atoms with Crippen LogP contribution < -0.4 is 5.32 Å². The molecule has 0 aromatic carbocycles. The van der Waals surface area contributed by atoms with Gasteiger partial charge in [-0.05, 0) is 13.3 Å². The fourth-order valence-electron chi connectivity index (χ4n) is 1.88. The summed E-state index contributed by atoms with van der Waals surface area (Å²) >= 11 is 0. The minimum absolute atomic E-state index is 0.419. The van der Waals surface area contributed by atoms with Crippen molar-refractivity contribution in [3.63, 3.8) is 0 Å². The lowest BCUT2D eigenvalue weighted by Crippen LogP contribution is -2.03. The number of hydrogen-bond donors (Lipinski definition) is 1. The van der Waals surface area contributed by atoms with Gasteiger partial charge in [-0.25, -0.2) is 9.97 Å². The molecule has 0 saturated carbocycles. The summed E-state index contributed by atoms with van der Waals surface area (Å²) in [5.41, 5.74) is 1.86. The highest BCUT2D eigenvalue weighted by molar-refractivity contribution is 5.60. The quantitative estimate of drug-likeness (QED) is 0.840. The summed E-state index contributed by atoms with van der Waals surface area (Å²) in [6.45, 7) is 6.07. The Morgan fingerprint density at radius 2 is 2.15 bits per heavy atom. The molecule has 6 nitrogen and oxygen atoms in total. The van der Waals surface area contributed by atoms with E-state index < -0.39 is 0 Å². The van der Waals surface area contributed by atoms with Crippen LogP contribution in [0.4, 0.5) is 5.82 Å². The van der Waals surface area contributed by atoms with Crippen molar-refractivity contribution < 1.29 is 4.74 Å². The summed E-state index contributed by atoms with van der Waals surface area (Å²) in [4.78, 5) is 8.92. The van der Waals surface area contributed by atoms with Crippen LogP contribution in [0.5, 0.6) is 0 Å². The second-order valence-electron chi connectivity index (χ2n) is 4.43. The first-order valence-electron chi connectivity index (χ1n) is 6.93. The van der Waals surface area contributed by atoms with E-state index in [1.54, 1.807) is 0 Å². The van der Waals surface area contributed by atoms with Gasteiger partial charge in [0.25, 0.3) is 0 Å². The third kappa shape index (κ3) is 3.54. The molecule has 0 radical (unpaired) electrons. The molecule has 0 aliphatic rings. The van der Waals surface area contributed by atoms with Crippen molar-refractivity contribution in [2.24, 2.45) is 0 Å². The summed E-state index contributed by atoms with van der Waals surface area (Å²) in [6, 6.07) is 1.92. The number of nitrogens with zero attached hydrogens (tertiary/aromatic N) is 4. The van der Waals surface area contributed by atoms with E-state index in [0.717, 1.165) is 30.0 Å². The van der Waals surface area contributed by atoms with Crippen LogP contribution in [0.15, 0.2) is 18.5 Å². The smallest absolute Gasteiger partial charge is 0.157 e. The highest BCUT2D eigenvalue weighted by Crippen LogP contribution is 2.19. The largest absolute Gasteiger partial charge is 0.374 e. The molecule has 2 heterocycles.